The van der Waals surface area contributed by atoms with E-state index in [0.717, 1.165) is 5.39 Å². The van der Waals surface area contributed by atoms with E-state index in [4.69, 9.17) is 9.15 Å². The Kier molecular flexibility index (Phi) is 5.97. The Hall–Kier alpha value is -3.61. The normalized spacial score (nSPS) is 11.9. The summed E-state index contributed by atoms with van der Waals surface area (Å²) in [5.74, 6) is -0.628. The van der Waals surface area contributed by atoms with Crippen LogP contribution < -0.4 is 16.3 Å². The van der Waals surface area contributed by atoms with Gasteiger partial charge < -0.3 is 19.8 Å². The van der Waals surface area contributed by atoms with E-state index in [2.05, 4.69) is 10.6 Å². The third-order valence-electron chi connectivity index (χ3n) is 4.50. The highest BCUT2D eigenvalue weighted by Crippen LogP contribution is 2.22. The van der Waals surface area contributed by atoms with Crippen molar-refractivity contribution in [1.29, 1.82) is 0 Å². The average molecular weight is 394 g/mol. The molecule has 1 atom stereocenters. The first-order chi connectivity index (χ1) is 13.9. The number of urea groups is 1. The molecule has 3 aromatic rings. The van der Waals surface area contributed by atoms with Crippen LogP contribution in [0.5, 0.6) is 0 Å². The summed E-state index contributed by atoms with van der Waals surface area (Å²) in [5, 5.41) is 6.10. The van der Waals surface area contributed by atoms with Crippen LogP contribution in [0.3, 0.4) is 0 Å². The van der Waals surface area contributed by atoms with E-state index in [1.165, 1.54) is 7.11 Å². The Morgan fingerprint density at radius 1 is 1.03 bits per heavy atom. The van der Waals surface area contributed by atoms with Crippen LogP contribution in [0.25, 0.3) is 22.1 Å². The Labute approximate surface area is 167 Å². The fraction of sp³-hybridized carbons (Fsp3) is 0.227. The van der Waals surface area contributed by atoms with Gasteiger partial charge in [-0.1, -0.05) is 44.2 Å². The molecule has 7 nitrogen and oxygen atoms in total. The van der Waals surface area contributed by atoms with Crippen LogP contribution >= 0.6 is 0 Å². The summed E-state index contributed by atoms with van der Waals surface area (Å²) in [5.41, 5.74) is 1.72. The monoisotopic (exact) mass is 394 g/mol. The van der Waals surface area contributed by atoms with E-state index < -0.39 is 23.7 Å². The molecule has 1 aromatic heterocycles. The lowest BCUT2D eigenvalue weighted by Gasteiger charge is -2.20. The van der Waals surface area contributed by atoms with E-state index >= 15 is 0 Å². The maximum Gasteiger partial charge on any atom is 0.344 e. The maximum absolute atomic E-state index is 12.3. The summed E-state index contributed by atoms with van der Waals surface area (Å²) >= 11 is 0. The lowest BCUT2D eigenvalue weighted by atomic mass is 10.0. The molecule has 3 rings (SSSR count). The van der Waals surface area contributed by atoms with Gasteiger partial charge in [0.25, 0.3) is 0 Å². The van der Waals surface area contributed by atoms with Gasteiger partial charge in [-0.15, -0.1) is 0 Å². The van der Waals surface area contributed by atoms with E-state index in [0.29, 0.717) is 22.4 Å². The molecule has 0 saturated carbocycles. The van der Waals surface area contributed by atoms with Crippen LogP contribution in [0, 0.1) is 5.92 Å². The van der Waals surface area contributed by atoms with Crippen molar-refractivity contribution in [3.8, 4) is 11.1 Å². The van der Waals surface area contributed by atoms with Crippen LogP contribution in [-0.2, 0) is 9.53 Å². The third kappa shape index (κ3) is 4.63. The number of hydrogen-bond donors (Lipinski definition) is 2. The summed E-state index contributed by atoms with van der Waals surface area (Å²) < 4.78 is 10.1. The molecule has 0 saturated heterocycles. The van der Waals surface area contributed by atoms with Gasteiger partial charge in [0.2, 0.25) is 0 Å². The van der Waals surface area contributed by atoms with Gasteiger partial charge in [-0.05, 0) is 35.7 Å². The molecule has 2 aromatic carbocycles. The molecule has 0 spiro atoms. The van der Waals surface area contributed by atoms with Gasteiger partial charge in [-0.25, -0.2) is 14.4 Å². The molecule has 0 bridgehead atoms. The van der Waals surface area contributed by atoms with Crippen LogP contribution in [0.15, 0.2) is 63.8 Å². The number of fused-ring (bicyclic) bond motifs is 1. The minimum absolute atomic E-state index is 0.122. The molecule has 150 valence electrons. The highest BCUT2D eigenvalue weighted by Gasteiger charge is 2.24. The molecule has 0 radical (unpaired) electrons. The first-order valence-corrected chi connectivity index (χ1v) is 9.17. The topological polar surface area (TPSA) is 97.6 Å². The lowest BCUT2D eigenvalue weighted by molar-refractivity contribution is -0.143. The number of amides is 2. The third-order valence-corrected chi connectivity index (χ3v) is 4.50. The van der Waals surface area contributed by atoms with Crippen molar-refractivity contribution in [3.05, 3.63) is 65.0 Å². The number of methoxy groups -OCH3 is 1. The molecule has 7 heteroatoms. The zero-order valence-corrected chi connectivity index (χ0v) is 16.4. The first kappa shape index (κ1) is 20.1. The summed E-state index contributed by atoms with van der Waals surface area (Å²) in [6, 6.07) is 14.6. The molecule has 2 amide bonds. The summed E-state index contributed by atoms with van der Waals surface area (Å²) in [7, 11) is 1.28. The Bertz CT molecular complexity index is 1090. The number of ether oxygens (including phenoxy) is 1. The Balaban J connectivity index is 1.75. The van der Waals surface area contributed by atoms with Gasteiger partial charge >= 0.3 is 17.6 Å². The van der Waals surface area contributed by atoms with Crippen molar-refractivity contribution in [1.82, 2.24) is 5.32 Å². The Morgan fingerprint density at radius 2 is 1.72 bits per heavy atom. The van der Waals surface area contributed by atoms with Gasteiger partial charge in [0.05, 0.1) is 12.7 Å². The molecule has 0 aliphatic carbocycles. The summed E-state index contributed by atoms with van der Waals surface area (Å²) in [6.45, 7) is 3.62. The Morgan fingerprint density at radius 3 is 2.38 bits per heavy atom. The van der Waals surface area contributed by atoms with Gasteiger partial charge in [-0.3, -0.25) is 0 Å². The fourth-order valence-electron chi connectivity index (χ4n) is 2.93. The quantitative estimate of drug-likeness (QED) is 0.507. The molecule has 0 aliphatic heterocycles. The molecular formula is C22H22N2O5. The number of carbonyl (C=O) groups is 2. The minimum Gasteiger partial charge on any atom is -0.467 e. The van der Waals surface area contributed by atoms with Crippen molar-refractivity contribution in [3.63, 3.8) is 0 Å². The van der Waals surface area contributed by atoms with Gasteiger partial charge in [0.1, 0.15) is 11.6 Å². The van der Waals surface area contributed by atoms with Crippen molar-refractivity contribution < 1.29 is 18.7 Å². The number of nitrogens with one attached hydrogen (secondary N) is 2. The second-order valence-electron chi connectivity index (χ2n) is 6.91. The number of hydrogen-bond acceptors (Lipinski definition) is 5. The standard InChI is InChI=1S/C22H22N2O5/c1-13(2)19(21(26)28-3)24-22(27)23-16-10-8-14(9-11-16)17-12-15-6-4-5-7-18(15)29-20(17)25/h4-13,19H,1-3H3,(H2,23,24,27). The summed E-state index contributed by atoms with van der Waals surface area (Å²) in [4.78, 5) is 36.3. The average Bonchev–Trinajstić information content (AvgIpc) is 2.71. The van der Waals surface area contributed by atoms with E-state index in [9.17, 15) is 14.4 Å². The minimum atomic E-state index is -0.749. The van der Waals surface area contributed by atoms with Crippen molar-refractivity contribution >= 4 is 28.7 Å². The molecule has 0 aliphatic rings. The SMILES string of the molecule is COC(=O)C(NC(=O)Nc1ccc(-c2cc3ccccc3oc2=O)cc1)C(C)C. The van der Waals surface area contributed by atoms with Gasteiger partial charge in [0.15, 0.2) is 0 Å². The number of anilines is 1. The van der Waals surface area contributed by atoms with Gasteiger partial charge in [-0.2, -0.15) is 0 Å². The van der Waals surface area contributed by atoms with E-state index in [1.54, 1.807) is 42.5 Å². The van der Waals surface area contributed by atoms with Crippen LogP contribution in [0.1, 0.15) is 13.8 Å². The van der Waals surface area contributed by atoms with Crippen LogP contribution in [-0.4, -0.2) is 25.2 Å². The zero-order chi connectivity index (χ0) is 21.0. The fourth-order valence-corrected chi connectivity index (χ4v) is 2.93. The number of carbonyl (C=O) groups excluding carboxylic acids is 2. The molecular weight excluding hydrogens is 372 g/mol. The second-order valence-corrected chi connectivity index (χ2v) is 6.91. The lowest BCUT2D eigenvalue weighted by Crippen LogP contribution is -2.46. The second kappa shape index (κ2) is 8.60. The van der Waals surface area contributed by atoms with E-state index in [-0.39, 0.29) is 5.92 Å². The van der Waals surface area contributed by atoms with Crippen molar-refractivity contribution in [2.24, 2.45) is 5.92 Å². The number of para-hydroxylation sites is 1. The van der Waals surface area contributed by atoms with Crippen LogP contribution in [0.4, 0.5) is 10.5 Å². The molecule has 1 unspecified atom stereocenters. The zero-order valence-electron chi connectivity index (χ0n) is 16.4. The smallest absolute Gasteiger partial charge is 0.344 e. The molecule has 2 N–H and O–H groups in total. The number of esters is 1. The van der Waals surface area contributed by atoms with Crippen molar-refractivity contribution in [2.45, 2.75) is 19.9 Å². The molecule has 1 heterocycles. The maximum atomic E-state index is 12.3. The largest absolute Gasteiger partial charge is 0.467 e. The predicted octanol–water partition coefficient (Wildman–Crippen LogP) is 3.78. The predicted molar refractivity (Wildman–Crippen MR) is 111 cm³/mol. The highest BCUT2D eigenvalue weighted by molar-refractivity contribution is 5.93. The molecule has 0 fully saturated rings. The van der Waals surface area contributed by atoms with Crippen LogP contribution in [0.2, 0.25) is 0 Å². The highest BCUT2D eigenvalue weighted by atomic mass is 16.5. The number of benzene rings is 2. The summed E-state index contributed by atoms with van der Waals surface area (Å²) in [6.07, 6.45) is 0. The first-order valence-electron chi connectivity index (χ1n) is 9.17. The van der Waals surface area contributed by atoms with E-state index in [1.807, 2.05) is 26.0 Å². The van der Waals surface area contributed by atoms with Crippen molar-refractivity contribution in [2.75, 3.05) is 12.4 Å². The van der Waals surface area contributed by atoms with Gasteiger partial charge in [0, 0.05) is 11.1 Å². The number of rotatable bonds is 5. The molecule has 29 heavy (non-hydrogen) atoms.